The van der Waals surface area contributed by atoms with Gasteiger partial charge >= 0.3 is 5.97 Å². The highest BCUT2D eigenvalue weighted by Gasteiger charge is 2.49. The zero-order valence-electron chi connectivity index (χ0n) is 8.16. The van der Waals surface area contributed by atoms with Gasteiger partial charge < -0.3 is 10.2 Å². The lowest BCUT2D eigenvalue weighted by Crippen LogP contribution is -2.33. The Kier molecular flexibility index (Phi) is 1.55. The first-order valence-corrected chi connectivity index (χ1v) is 5.16. The number of carboxylic acid groups (broad SMARTS) is 1. The van der Waals surface area contributed by atoms with Gasteiger partial charge in [0.15, 0.2) is 5.60 Å². The van der Waals surface area contributed by atoms with E-state index in [4.69, 9.17) is 5.11 Å². The number of rotatable bonds is 2. The molecular formula is C10H12N2O3. The van der Waals surface area contributed by atoms with Crippen molar-refractivity contribution in [3.63, 3.8) is 0 Å². The molecule has 1 atom stereocenters. The van der Waals surface area contributed by atoms with Crippen LogP contribution >= 0.6 is 0 Å². The largest absolute Gasteiger partial charge is 0.479 e. The lowest BCUT2D eigenvalue weighted by Gasteiger charge is -2.18. The number of nitrogens with one attached hydrogen (secondary N) is 1. The summed E-state index contributed by atoms with van der Waals surface area (Å²) in [6.07, 6.45) is 2.92. The molecule has 0 saturated heterocycles. The number of aliphatic carboxylic acids is 1. The zero-order valence-corrected chi connectivity index (χ0v) is 8.16. The first-order valence-electron chi connectivity index (χ1n) is 5.16. The fourth-order valence-electron chi connectivity index (χ4n) is 2.33. The molecule has 1 aromatic rings. The smallest absolute Gasteiger partial charge is 0.340 e. The van der Waals surface area contributed by atoms with Crippen molar-refractivity contribution in [1.82, 2.24) is 10.2 Å². The van der Waals surface area contributed by atoms with Crippen molar-refractivity contribution < 1.29 is 15.0 Å². The molecule has 2 aliphatic rings. The monoisotopic (exact) mass is 208 g/mol. The number of hydrogen-bond donors (Lipinski definition) is 3. The van der Waals surface area contributed by atoms with E-state index in [0.29, 0.717) is 17.9 Å². The van der Waals surface area contributed by atoms with Crippen LogP contribution in [0.3, 0.4) is 0 Å². The highest BCUT2D eigenvalue weighted by atomic mass is 16.4. The molecule has 2 aliphatic carbocycles. The lowest BCUT2D eigenvalue weighted by atomic mass is 9.94. The third-order valence-corrected chi connectivity index (χ3v) is 3.34. The minimum Gasteiger partial charge on any atom is -0.479 e. The van der Waals surface area contributed by atoms with Crippen LogP contribution in [0.5, 0.6) is 0 Å². The molecule has 3 N–H and O–H groups in total. The van der Waals surface area contributed by atoms with Gasteiger partial charge in [0.1, 0.15) is 0 Å². The second kappa shape index (κ2) is 2.61. The maximum Gasteiger partial charge on any atom is 0.340 e. The summed E-state index contributed by atoms with van der Waals surface area (Å²) < 4.78 is 0. The summed E-state index contributed by atoms with van der Waals surface area (Å²) in [6.45, 7) is 0. The molecule has 0 aliphatic heterocycles. The first-order chi connectivity index (χ1) is 7.13. The van der Waals surface area contributed by atoms with Gasteiger partial charge in [-0.3, -0.25) is 5.10 Å². The molecule has 1 aromatic heterocycles. The van der Waals surface area contributed by atoms with Crippen molar-refractivity contribution in [2.75, 3.05) is 0 Å². The standard InChI is InChI=1S/C10H12N2O3/c13-9(14)10(15)4-3-6-7(10)8(12-11-6)5-1-2-5/h5,15H,1-4H2,(H,11,12)(H,13,14). The van der Waals surface area contributed by atoms with E-state index in [1.54, 1.807) is 0 Å². The van der Waals surface area contributed by atoms with Crippen LogP contribution < -0.4 is 0 Å². The van der Waals surface area contributed by atoms with Crippen LogP contribution in [0.1, 0.15) is 42.1 Å². The third-order valence-electron chi connectivity index (χ3n) is 3.34. The van der Waals surface area contributed by atoms with Crippen LogP contribution in [0.2, 0.25) is 0 Å². The van der Waals surface area contributed by atoms with Gasteiger partial charge in [-0.2, -0.15) is 5.10 Å². The van der Waals surface area contributed by atoms with Crippen LogP contribution in [0, 0.1) is 0 Å². The number of aromatic amines is 1. The van der Waals surface area contributed by atoms with E-state index in [1.165, 1.54) is 0 Å². The highest BCUT2D eigenvalue weighted by Crippen LogP contribution is 2.47. The van der Waals surface area contributed by atoms with Gasteiger partial charge in [-0.25, -0.2) is 4.79 Å². The summed E-state index contributed by atoms with van der Waals surface area (Å²) in [4.78, 5) is 11.1. The van der Waals surface area contributed by atoms with E-state index in [0.717, 1.165) is 24.2 Å². The Hall–Kier alpha value is -1.36. The van der Waals surface area contributed by atoms with E-state index in [1.807, 2.05) is 0 Å². The van der Waals surface area contributed by atoms with Crippen molar-refractivity contribution in [3.8, 4) is 0 Å². The number of aryl methyl sites for hydroxylation is 1. The Bertz CT molecular complexity index is 436. The number of carboxylic acids is 1. The number of nitrogens with zero attached hydrogens (tertiary/aromatic N) is 1. The van der Waals surface area contributed by atoms with Gasteiger partial charge in [-0.15, -0.1) is 0 Å². The minimum absolute atomic E-state index is 0.256. The molecule has 5 heteroatoms. The average Bonchev–Trinajstić information content (AvgIpc) is 2.85. The molecule has 1 heterocycles. The summed E-state index contributed by atoms with van der Waals surface area (Å²) in [5.41, 5.74) is 0.395. The highest BCUT2D eigenvalue weighted by molar-refractivity contribution is 5.81. The molecule has 0 spiro atoms. The summed E-state index contributed by atoms with van der Waals surface area (Å²) in [6, 6.07) is 0. The fraction of sp³-hybridized carbons (Fsp3) is 0.600. The number of hydrogen-bond acceptors (Lipinski definition) is 3. The van der Waals surface area contributed by atoms with Crippen molar-refractivity contribution in [2.24, 2.45) is 0 Å². The van der Waals surface area contributed by atoms with Gasteiger partial charge in [-0.05, 0) is 25.7 Å². The van der Waals surface area contributed by atoms with Crippen molar-refractivity contribution in [1.29, 1.82) is 0 Å². The molecule has 15 heavy (non-hydrogen) atoms. The number of carbonyl (C=O) groups is 1. The first kappa shape index (κ1) is 8.91. The Balaban J connectivity index is 2.14. The molecule has 0 amide bonds. The lowest BCUT2D eigenvalue weighted by molar-refractivity contribution is -0.159. The second-order valence-electron chi connectivity index (χ2n) is 4.40. The average molecular weight is 208 g/mol. The van der Waals surface area contributed by atoms with Crippen LogP contribution in [0.15, 0.2) is 0 Å². The summed E-state index contributed by atoms with van der Waals surface area (Å²) in [5.74, 6) is -0.807. The number of H-pyrrole nitrogens is 1. The van der Waals surface area contributed by atoms with E-state index in [9.17, 15) is 9.90 Å². The minimum atomic E-state index is -1.71. The molecular weight excluding hydrogens is 196 g/mol. The van der Waals surface area contributed by atoms with Crippen molar-refractivity contribution in [2.45, 2.75) is 37.2 Å². The summed E-state index contributed by atoms with van der Waals surface area (Å²) in [7, 11) is 0. The van der Waals surface area contributed by atoms with Gasteiger partial charge in [0.25, 0.3) is 0 Å². The Labute approximate surface area is 86.1 Å². The predicted octanol–water partition coefficient (Wildman–Crippen LogP) is 0.505. The van der Waals surface area contributed by atoms with Crippen molar-refractivity contribution >= 4 is 5.97 Å². The maximum absolute atomic E-state index is 11.1. The molecule has 80 valence electrons. The van der Waals surface area contributed by atoms with E-state index in [2.05, 4.69) is 10.2 Å². The maximum atomic E-state index is 11.1. The molecule has 1 unspecified atom stereocenters. The SMILES string of the molecule is O=C(O)C1(O)CCc2[nH]nc(C3CC3)c21. The number of aliphatic hydroxyl groups is 1. The van der Waals surface area contributed by atoms with Gasteiger partial charge in [0.2, 0.25) is 0 Å². The van der Waals surface area contributed by atoms with E-state index in [-0.39, 0.29) is 6.42 Å². The normalized spacial score (nSPS) is 29.1. The third kappa shape index (κ3) is 1.07. The zero-order chi connectivity index (χ0) is 10.6. The quantitative estimate of drug-likeness (QED) is 0.660. The molecule has 3 rings (SSSR count). The van der Waals surface area contributed by atoms with Gasteiger partial charge in [-0.1, -0.05) is 0 Å². The van der Waals surface area contributed by atoms with Crippen LogP contribution in [-0.4, -0.2) is 26.4 Å². The Morgan fingerprint density at radius 2 is 2.27 bits per heavy atom. The van der Waals surface area contributed by atoms with Crippen LogP contribution in [0.25, 0.3) is 0 Å². The molecule has 0 bridgehead atoms. The van der Waals surface area contributed by atoms with E-state index >= 15 is 0 Å². The van der Waals surface area contributed by atoms with Crippen molar-refractivity contribution in [3.05, 3.63) is 17.0 Å². The van der Waals surface area contributed by atoms with E-state index < -0.39 is 11.6 Å². The summed E-state index contributed by atoms with van der Waals surface area (Å²) in [5, 5.41) is 26.2. The Morgan fingerprint density at radius 1 is 1.53 bits per heavy atom. The van der Waals surface area contributed by atoms with Gasteiger partial charge in [0.05, 0.1) is 5.69 Å². The number of fused-ring (bicyclic) bond motifs is 1. The van der Waals surface area contributed by atoms with Crippen LogP contribution in [0.4, 0.5) is 0 Å². The molecule has 1 fully saturated rings. The second-order valence-corrected chi connectivity index (χ2v) is 4.40. The van der Waals surface area contributed by atoms with Gasteiger partial charge in [0, 0.05) is 17.2 Å². The molecule has 0 radical (unpaired) electrons. The topological polar surface area (TPSA) is 86.2 Å². The molecule has 0 aromatic carbocycles. The molecule has 1 saturated carbocycles. The fourth-order valence-corrected chi connectivity index (χ4v) is 2.33. The number of aromatic nitrogens is 2. The summed E-state index contributed by atoms with van der Waals surface area (Å²) >= 11 is 0. The molecule has 5 nitrogen and oxygen atoms in total. The Morgan fingerprint density at radius 3 is 2.87 bits per heavy atom. The predicted molar refractivity (Wildman–Crippen MR) is 50.4 cm³/mol. The van der Waals surface area contributed by atoms with Crippen LogP contribution in [-0.2, 0) is 16.8 Å².